The molecule has 1 heterocycles. The predicted octanol–water partition coefficient (Wildman–Crippen LogP) is 3.32. The Morgan fingerprint density at radius 2 is 2.11 bits per heavy atom. The van der Waals surface area contributed by atoms with E-state index in [4.69, 9.17) is 5.73 Å². The molecular formula is C14H15FN2S. The monoisotopic (exact) mass is 262 g/mol. The zero-order chi connectivity index (χ0) is 13.0. The Hall–Kier alpha value is -1.39. The molecule has 0 aliphatic heterocycles. The first-order chi connectivity index (χ1) is 8.66. The summed E-state index contributed by atoms with van der Waals surface area (Å²) >= 11 is 1.43. The van der Waals surface area contributed by atoms with Gasteiger partial charge in [-0.15, -0.1) is 11.8 Å². The number of hydrogen-bond acceptors (Lipinski definition) is 3. The molecule has 0 saturated carbocycles. The van der Waals surface area contributed by atoms with Crippen LogP contribution in [0.5, 0.6) is 0 Å². The van der Waals surface area contributed by atoms with E-state index in [2.05, 4.69) is 4.98 Å². The topological polar surface area (TPSA) is 38.9 Å². The van der Waals surface area contributed by atoms with E-state index in [1.807, 2.05) is 19.1 Å². The largest absolute Gasteiger partial charge is 0.323 e. The van der Waals surface area contributed by atoms with Gasteiger partial charge in [-0.2, -0.15) is 0 Å². The number of nitrogens with zero attached hydrogens (tertiary/aromatic N) is 1. The summed E-state index contributed by atoms with van der Waals surface area (Å²) in [5.74, 6) is 0.434. The van der Waals surface area contributed by atoms with E-state index in [-0.39, 0.29) is 11.9 Å². The third-order valence-electron chi connectivity index (χ3n) is 2.58. The first-order valence-corrected chi connectivity index (χ1v) is 6.70. The average molecular weight is 262 g/mol. The molecule has 1 unspecified atom stereocenters. The molecule has 1 atom stereocenters. The standard InChI is InChI=1S/C14H15FN2S/c1-10-6-11(8-17-7-10)13(16)9-18-14-5-3-2-4-12(14)15/h2-8,13H,9,16H2,1H3. The maximum absolute atomic E-state index is 13.4. The van der Waals surface area contributed by atoms with E-state index in [1.165, 1.54) is 17.8 Å². The Morgan fingerprint density at radius 1 is 1.33 bits per heavy atom. The molecule has 2 rings (SSSR count). The summed E-state index contributed by atoms with van der Waals surface area (Å²) in [7, 11) is 0. The number of hydrogen-bond donors (Lipinski definition) is 1. The molecule has 0 bridgehead atoms. The summed E-state index contributed by atoms with van der Waals surface area (Å²) in [6.45, 7) is 1.98. The first kappa shape index (κ1) is 13.1. The van der Waals surface area contributed by atoms with Crippen LogP contribution in [0, 0.1) is 12.7 Å². The molecule has 0 radical (unpaired) electrons. The van der Waals surface area contributed by atoms with Crippen molar-refractivity contribution in [2.75, 3.05) is 5.75 Å². The van der Waals surface area contributed by atoms with Crippen molar-refractivity contribution >= 4 is 11.8 Å². The van der Waals surface area contributed by atoms with Crippen molar-refractivity contribution in [1.82, 2.24) is 4.98 Å². The van der Waals surface area contributed by atoms with Gasteiger partial charge in [0, 0.05) is 29.1 Å². The lowest BCUT2D eigenvalue weighted by Gasteiger charge is -2.12. The first-order valence-electron chi connectivity index (χ1n) is 5.71. The molecule has 1 aromatic carbocycles. The van der Waals surface area contributed by atoms with Gasteiger partial charge in [-0.3, -0.25) is 4.98 Å². The summed E-state index contributed by atoms with van der Waals surface area (Å²) in [4.78, 5) is 4.75. The second kappa shape index (κ2) is 5.98. The fourth-order valence-corrected chi connectivity index (χ4v) is 2.55. The lowest BCUT2D eigenvalue weighted by atomic mass is 10.1. The van der Waals surface area contributed by atoms with Crippen LogP contribution < -0.4 is 5.73 Å². The van der Waals surface area contributed by atoms with Gasteiger partial charge < -0.3 is 5.73 Å². The number of thioether (sulfide) groups is 1. The number of pyridine rings is 1. The van der Waals surface area contributed by atoms with E-state index in [0.29, 0.717) is 10.6 Å². The van der Waals surface area contributed by atoms with Crippen LogP contribution in [0.1, 0.15) is 17.2 Å². The Labute approximate surface area is 110 Å². The molecule has 0 spiro atoms. The summed E-state index contributed by atoms with van der Waals surface area (Å²) in [6.07, 6.45) is 3.56. The molecule has 2 aromatic rings. The van der Waals surface area contributed by atoms with Crippen molar-refractivity contribution in [3.8, 4) is 0 Å². The van der Waals surface area contributed by atoms with Gasteiger partial charge in [-0.05, 0) is 30.2 Å². The van der Waals surface area contributed by atoms with Crippen LogP contribution in [-0.2, 0) is 0 Å². The average Bonchev–Trinajstić information content (AvgIpc) is 2.37. The van der Waals surface area contributed by atoms with Crippen LogP contribution in [0.4, 0.5) is 4.39 Å². The van der Waals surface area contributed by atoms with Crippen LogP contribution in [-0.4, -0.2) is 10.7 Å². The van der Waals surface area contributed by atoms with E-state index >= 15 is 0 Å². The highest BCUT2D eigenvalue weighted by atomic mass is 32.2. The molecule has 1 aromatic heterocycles. The fourth-order valence-electron chi connectivity index (χ4n) is 1.62. The van der Waals surface area contributed by atoms with Crippen molar-refractivity contribution in [3.05, 3.63) is 59.7 Å². The fraction of sp³-hybridized carbons (Fsp3) is 0.214. The molecule has 0 aliphatic carbocycles. The molecule has 0 fully saturated rings. The molecule has 18 heavy (non-hydrogen) atoms. The second-order valence-electron chi connectivity index (χ2n) is 4.14. The van der Waals surface area contributed by atoms with Gasteiger partial charge in [0.15, 0.2) is 0 Å². The third kappa shape index (κ3) is 3.31. The summed E-state index contributed by atoms with van der Waals surface area (Å²) in [6, 6.07) is 8.61. The Morgan fingerprint density at radius 3 is 2.83 bits per heavy atom. The molecule has 0 amide bonds. The normalized spacial score (nSPS) is 12.4. The van der Waals surface area contributed by atoms with Crippen LogP contribution in [0.3, 0.4) is 0 Å². The van der Waals surface area contributed by atoms with Crippen molar-refractivity contribution in [1.29, 1.82) is 0 Å². The highest BCUT2D eigenvalue weighted by Crippen LogP contribution is 2.25. The summed E-state index contributed by atoms with van der Waals surface area (Å²) in [5.41, 5.74) is 8.15. The number of benzene rings is 1. The number of nitrogens with two attached hydrogens (primary N) is 1. The van der Waals surface area contributed by atoms with Crippen LogP contribution in [0.15, 0.2) is 47.6 Å². The van der Waals surface area contributed by atoms with E-state index in [9.17, 15) is 4.39 Å². The second-order valence-corrected chi connectivity index (χ2v) is 5.21. The number of rotatable bonds is 4. The number of halogens is 1. The van der Waals surface area contributed by atoms with Crippen LogP contribution in [0.2, 0.25) is 0 Å². The number of aromatic nitrogens is 1. The highest BCUT2D eigenvalue weighted by Gasteiger charge is 2.09. The zero-order valence-electron chi connectivity index (χ0n) is 10.1. The van der Waals surface area contributed by atoms with Crippen LogP contribution >= 0.6 is 11.8 Å². The molecule has 0 saturated heterocycles. The van der Waals surface area contributed by atoms with E-state index in [0.717, 1.165) is 11.1 Å². The quantitative estimate of drug-likeness (QED) is 0.859. The van der Waals surface area contributed by atoms with Gasteiger partial charge in [-0.25, -0.2) is 4.39 Å². The van der Waals surface area contributed by atoms with Gasteiger partial charge >= 0.3 is 0 Å². The smallest absolute Gasteiger partial charge is 0.136 e. The number of aryl methyl sites for hydroxylation is 1. The van der Waals surface area contributed by atoms with Crippen LogP contribution in [0.25, 0.3) is 0 Å². The molecule has 2 nitrogen and oxygen atoms in total. The maximum Gasteiger partial charge on any atom is 0.136 e. The summed E-state index contributed by atoms with van der Waals surface area (Å²) < 4.78 is 13.4. The Bertz CT molecular complexity index is 531. The van der Waals surface area contributed by atoms with Gasteiger partial charge in [-0.1, -0.05) is 18.2 Å². The molecular weight excluding hydrogens is 247 g/mol. The maximum atomic E-state index is 13.4. The summed E-state index contributed by atoms with van der Waals surface area (Å²) in [5, 5.41) is 0. The minimum absolute atomic E-state index is 0.137. The van der Waals surface area contributed by atoms with E-state index < -0.39 is 0 Å². The zero-order valence-corrected chi connectivity index (χ0v) is 11.0. The lowest BCUT2D eigenvalue weighted by molar-refractivity contribution is 0.601. The molecule has 4 heteroatoms. The van der Waals surface area contributed by atoms with E-state index in [1.54, 1.807) is 24.5 Å². The third-order valence-corrected chi connectivity index (χ3v) is 3.75. The van der Waals surface area contributed by atoms with Crippen molar-refractivity contribution in [2.45, 2.75) is 17.9 Å². The Balaban J connectivity index is 2.00. The van der Waals surface area contributed by atoms with Crippen molar-refractivity contribution in [2.24, 2.45) is 5.73 Å². The van der Waals surface area contributed by atoms with Crippen molar-refractivity contribution < 1.29 is 4.39 Å². The van der Waals surface area contributed by atoms with Gasteiger partial charge in [0.05, 0.1) is 0 Å². The predicted molar refractivity (Wildman–Crippen MR) is 73.0 cm³/mol. The molecule has 2 N–H and O–H groups in total. The highest BCUT2D eigenvalue weighted by molar-refractivity contribution is 7.99. The molecule has 94 valence electrons. The Kier molecular flexibility index (Phi) is 4.33. The SMILES string of the molecule is Cc1cncc(C(N)CSc2ccccc2F)c1. The van der Waals surface area contributed by atoms with Gasteiger partial charge in [0.2, 0.25) is 0 Å². The van der Waals surface area contributed by atoms with Crippen molar-refractivity contribution in [3.63, 3.8) is 0 Å². The lowest BCUT2D eigenvalue weighted by Crippen LogP contribution is -2.13. The minimum atomic E-state index is -0.197. The van der Waals surface area contributed by atoms with Gasteiger partial charge in [0.1, 0.15) is 5.82 Å². The van der Waals surface area contributed by atoms with Gasteiger partial charge in [0.25, 0.3) is 0 Å². The molecule has 0 aliphatic rings. The minimum Gasteiger partial charge on any atom is -0.323 e.